The van der Waals surface area contributed by atoms with Gasteiger partial charge in [0.05, 0.1) is 0 Å². The van der Waals surface area contributed by atoms with Crippen molar-refractivity contribution in [2.24, 2.45) is 11.1 Å². The molecule has 2 N–H and O–H groups in total. The van der Waals surface area contributed by atoms with E-state index in [1.807, 2.05) is 6.92 Å². The van der Waals surface area contributed by atoms with Gasteiger partial charge in [0.25, 0.3) is 5.91 Å². The Kier molecular flexibility index (Phi) is 3.34. The summed E-state index contributed by atoms with van der Waals surface area (Å²) in [5.41, 5.74) is 5.77. The van der Waals surface area contributed by atoms with Crippen molar-refractivity contribution in [2.75, 3.05) is 19.6 Å². The minimum absolute atomic E-state index is 0.0752. The van der Waals surface area contributed by atoms with Gasteiger partial charge in [-0.25, -0.2) is 8.78 Å². The Balaban J connectivity index is 2.15. The Bertz CT molecular complexity index is 478. The van der Waals surface area contributed by atoms with E-state index in [4.69, 9.17) is 5.73 Å². The van der Waals surface area contributed by atoms with Crippen molar-refractivity contribution in [1.82, 2.24) is 4.90 Å². The average Bonchev–Trinajstić information content (AvgIpc) is 2.75. The average molecular weight is 254 g/mol. The molecule has 0 radical (unpaired) electrons. The van der Waals surface area contributed by atoms with Crippen LogP contribution in [-0.4, -0.2) is 30.4 Å². The predicted molar refractivity (Wildman–Crippen MR) is 64.0 cm³/mol. The number of hydrogen-bond acceptors (Lipinski definition) is 2. The Morgan fingerprint density at radius 3 is 2.72 bits per heavy atom. The van der Waals surface area contributed by atoms with Crippen LogP contribution in [0.5, 0.6) is 0 Å². The maximum atomic E-state index is 13.1. The van der Waals surface area contributed by atoms with Gasteiger partial charge in [-0.1, -0.05) is 6.92 Å². The second-order valence-corrected chi connectivity index (χ2v) is 5.12. The first kappa shape index (κ1) is 13.0. The van der Waals surface area contributed by atoms with Crippen LogP contribution in [0.2, 0.25) is 0 Å². The van der Waals surface area contributed by atoms with Crippen LogP contribution in [0.4, 0.5) is 8.78 Å². The molecule has 1 aromatic carbocycles. The van der Waals surface area contributed by atoms with Crippen LogP contribution in [0.25, 0.3) is 0 Å². The first-order valence-corrected chi connectivity index (χ1v) is 5.90. The van der Waals surface area contributed by atoms with Crippen LogP contribution in [0, 0.1) is 17.0 Å². The molecule has 3 nitrogen and oxygen atoms in total. The number of amides is 1. The third-order valence-electron chi connectivity index (χ3n) is 3.50. The SMILES string of the molecule is CC1(CN)CCN(C(=O)c2ccc(F)c(F)c2)C1. The Hall–Kier alpha value is -1.49. The zero-order valence-electron chi connectivity index (χ0n) is 10.2. The van der Waals surface area contributed by atoms with Gasteiger partial charge in [0, 0.05) is 18.7 Å². The molecule has 1 unspecified atom stereocenters. The fraction of sp³-hybridized carbons (Fsp3) is 0.462. The third kappa shape index (κ3) is 2.36. The number of halogens is 2. The number of nitrogens with two attached hydrogens (primary N) is 1. The lowest BCUT2D eigenvalue weighted by molar-refractivity contribution is 0.0776. The summed E-state index contributed by atoms with van der Waals surface area (Å²) in [5.74, 6) is -2.22. The van der Waals surface area contributed by atoms with E-state index in [1.165, 1.54) is 6.07 Å². The molecule has 0 bridgehead atoms. The van der Waals surface area contributed by atoms with Gasteiger partial charge in [-0.05, 0) is 36.6 Å². The second-order valence-electron chi connectivity index (χ2n) is 5.12. The Labute approximate surface area is 105 Å². The maximum absolute atomic E-state index is 13.1. The molecule has 2 rings (SSSR count). The van der Waals surface area contributed by atoms with Gasteiger partial charge in [-0.3, -0.25) is 4.79 Å². The number of carbonyl (C=O) groups is 1. The van der Waals surface area contributed by atoms with Crippen molar-refractivity contribution in [3.8, 4) is 0 Å². The van der Waals surface area contributed by atoms with E-state index < -0.39 is 11.6 Å². The molecule has 1 amide bonds. The molecular formula is C13H16F2N2O. The molecular weight excluding hydrogens is 238 g/mol. The van der Waals surface area contributed by atoms with Gasteiger partial charge < -0.3 is 10.6 Å². The lowest BCUT2D eigenvalue weighted by atomic mass is 9.90. The molecule has 1 aliphatic heterocycles. The lowest BCUT2D eigenvalue weighted by Crippen LogP contribution is -2.34. The van der Waals surface area contributed by atoms with Gasteiger partial charge in [0.15, 0.2) is 11.6 Å². The number of likely N-dealkylation sites (tertiary alicyclic amines) is 1. The van der Waals surface area contributed by atoms with E-state index >= 15 is 0 Å². The van der Waals surface area contributed by atoms with E-state index in [0.717, 1.165) is 18.6 Å². The van der Waals surface area contributed by atoms with Crippen molar-refractivity contribution in [2.45, 2.75) is 13.3 Å². The highest BCUT2D eigenvalue weighted by Crippen LogP contribution is 2.29. The second kappa shape index (κ2) is 4.65. The summed E-state index contributed by atoms with van der Waals surface area (Å²) in [5, 5.41) is 0. The number of carbonyl (C=O) groups excluding carboxylic acids is 1. The lowest BCUT2D eigenvalue weighted by Gasteiger charge is -2.22. The van der Waals surface area contributed by atoms with Gasteiger partial charge >= 0.3 is 0 Å². The normalized spacial score (nSPS) is 23.4. The summed E-state index contributed by atoms with van der Waals surface area (Å²) in [6, 6.07) is 3.22. The van der Waals surface area contributed by atoms with Gasteiger partial charge in [0.2, 0.25) is 0 Å². The number of rotatable bonds is 2. The van der Waals surface area contributed by atoms with Crippen molar-refractivity contribution in [3.63, 3.8) is 0 Å². The monoisotopic (exact) mass is 254 g/mol. The van der Waals surface area contributed by atoms with E-state index in [0.29, 0.717) is 19.6 Å². The summed E-state index contributed by atoms with van der Waals surface area (Å²) in [6.07, 6.45) is 0.832. The van der Waals surface area contributed by atoms with Gasteiger partial charge in [-0.15, -0.1) is 0 Å². The van der Waals surface area contributed by atoms with E-state index in [9.17, 15) is 13.6 Å². The highest BCUT2D eigenvalue weighted by Gasteiger charge is 2.35. The van der Waals surface area contributed by atoms with E-state index in [1.54, 1.807) is 4.90 Å². The van der Waals surface area contributed by atoms with Crippen molar-refractivity contribution in [3.05, 3.63) is 35.4 Å². The minimum Gasteiger partial charge on any atom is -0.338 e. The number of hydrogen-bond donors (Lipinski definition) is 1. The largest absolute Gasteiger partial charge is 0.338 e. The van der Waals surface area contributed by atoms with E-state index in [2.05, 4.69) is 0 Å². The molecule has 0 aliphatic carbocycles. The molecule has 1 atom stereocenters. The van der Waals surface area contributed by atoms with Crippen LogP contribution in [0.3, 0.4) is 0 Å². The summed E-state index contributed by atoms with van der Waals surface area (Å²) < 4.78 is 25.9. The first-order chi connectivity index (χ1) is 8.45. The van der Waals surface area contributed by atoms with Crippen molar-refractivity contribution < 1.29 is 13.6 Å². The molecule has 98 valence electrons. The topological polar surface area (TPSA) is 46.3 Å². The summed E-state index contributed by atoms with van der Waals surface area (Å²) in [6.45, 7) is 3.69. The zero-order valence-corrected chi connectivity index (χ0v) is 10.2. The molecule has 0 aromatic heterocycles. The van der Waals surface area contributed by atoms with Gasteiger partial charge in [-0.2, -0.15) is 0 Å². The predicted octanol–water partition coefficient (Wildman–Crippen LogP) is 1.78. The Morgan fingerprint density at radius 1 is 1.44 bits per heavy atom. The summed E-state index contributed by atoms with van der Waals surface area (Å²) in [4.78, 5) is 13.7. The third-order valence-corrected chi connectivity index (χ3v) is 3.50. The molecule has 5 heteroatoms. The Morgan fingerprint density at radius 2 is 2.17 bits per heavy atom. The first-order valence-electron chi connectivity index (χ1n) is 5.90. The zero-order chi connectivity index (χ0) is 13.3. The molecule has 1 heterocycles. The van der Waals surface area contributed by atoms with Crippen molar-refractivity contribution >= 4 is 5.91 Å². The molecule has 1 fully saturated rings. The number of benzene rings is 1. The highest BCUT2D eigenvalue weighted by atomic mass is 19.2. The van der Waals surface area contributed by atoms with Crippen LogP contribution in [0.15, 0.2) is 18.2 Å². The highest BCUT2D eigenvalue weighted by molar-refractivity contribution is 5.94. The molecule has 1 aliphatic rings. The van der Waals surface area contributed by atoms with Crippen LogP contribution in [0.1, 0.15) is 23.7 Å². The fourth-order valence-electron chi connectivity index (χ4n) is 2.18. The maximum Gasteiger partial charge on any atom is 0.253 e. The van der Waals surface area contributed by atoms with Crippen molar-refractivity contribution in [1.29, 1.82) is 0 Å². The molecule has 1 saturated heterocycles. The quantitative estimate of drug-likeness (QED) is 0.874. The molecule has 0 saturated carbocycles. The summed E-state index contributed by atoms with van der Waals surface area (Å²) in [7, 11) is 0. The number of nitrogens with zero attached hydrogens (tertiary/aromatic N) is 1. The van der Waals surface area contributed by atoms with Crippen LogP contribution < -0.4 is 5.73 Å². The fourth-order valence-corrected chi connectivity index (χ4v) is 2.18. The standard InChI is InChI=1S/C13H16F2N2O/c1-13(7-16)4-5-17(8-13)12(18)9-2-3-10(14)11(15)6-9/h2-3,6H,4-5,7-8,16H2,1H3. The van der Waals surface area contributed by atoms with Crippen LogP contribution >= 0.6 is 0 Å². The molecule has 1 aromatic rings. The molecule has 0 spiro atoms. The summed E-state index contributed by atoms with van der Waals surface area (Å²) >= 11 is 0. The van der Waals surface area contributed by atoms with E-state index in [-0.39, 0.29) is 16.9 Å². The van der Waals surface area contributed by atoms with Gasteiger partial charge in [0.1, 0.15) is 0 Å². The smallest absolute Gasteiger partial charge is 0.253 e. The molecule has 18 heavy (non-hydrogen) atoms. The van der Waals surface area contributed by atoms with Crippen LogP contribution in [-0.2, 0) is 0 Å². The minimum atomic E-state index is -0.998.